The molecule has 0 unspecified atom stereocenters. The highest BCUT2D eigenvalue weighted by molar-refractivity contribution is 6.17. The van der Waals surface area contributed by atoms with Crippen molar-refractivity contribution in [3.05, 3.63) is 193 Å². The lowest BCUT2D eigenvalue weighted by Crippen LogP contribution is -2.15. The largest absolute Gasteiger partial charge is 0.309 e. The summed E-state index contributed by atoms with van der Waals surface area (Å²) in [6, 6.07) is 65.8. The lowest BCUT2D eigenvalue weighted by atomic mass is 9.82. The van der Waals surface area contributed by atoms with Crippen molar-refractivity contribution >= 4 is 54.5 Å². The van der Waals surface area contributed by atoms with Gasteiger partial charge in [0.2, 0.25) is 5.95 Å². The molecule has 0 radical (unpaired) electrons. The van der Waals surface area contributed by atoms with Crippen LogP contribution in [0.4, 0.5) is 0 Å². The molecular weight excluding hydrogens is 693 g/mol. The van der Waals surface area contributed by atoms with Crippen molar-refractivity contribution in [1.29, 1.82) is 0 Å². The van der Waals surface area contributed by atoms with Crippen molar-refractivity contribution in [3.8, 4) is 45.1 Å². The number of hydrogen-bond acceptors (Lipinski definition) is 2. The summed E-state index contributed by atoms with van der Waals surface area (Å²) < 4.78 is 4.65. The highest BCUT2D eigenvalue weighted by atomic mass is 15.2. The van der Waals surface area contributed by atoms with Crippen LogP contribution in [-0.4, -0.2) is 19.1 Å². The minimum atomic E-state index is -0.118. The Morgan fingerprint density at radius 2 is 1.04 bits per heavy atom. The zero-order valence-electron chi connectivity index (χ0n) is 31.6. The van der Waals surface area contributed by atoms with Crippen LogP contribution in [0, 0.1) is 0 Å². The molecule has 0 bridgehead atoms. The molecule has 0 saturated heterocycles. The Kier molecular flexibility index (Phi) is 6.65. The molecule has 8 aromatic carbocycles. The van der Waals surface area contributed by atoms with E-state index in [1.54, 1.807) is 0 Å². The van der Waals surface area contributed by atoms with E-state index in [1.165, 1.54) is 60.4 Å². The molecule has 0 amide bonds. The summed E-state index contributed by atoms with van der Waals surface area (Å²) in [6.07, 6.45) is 0. The third kappa shape index (κ3) is 4.55. The van der Waals surface area contributed by atoms with Gasteiger partial charge in [0.15, 0.2) is 0 Å². The summed E-state index contributed by atoms with van der Waals surface area (Å²) in [6.45, 7) is 4.67. The second-order valence-electron chi connectivity index (χ2n) is 15.8. The molecule has 4 heteroatoms. The highest BCUT2D eigenvalue weighted by Gasteiger charge is 2.35. The highest BCUT2D eigenvalue weighted by Crippen LogP contribution is 2.50. The second kappa shape index (κ2) is 11.8. The van der Waals surface area contributed by atoms with Gasteiger partial charge in [0.25, 0.3) is 0 Å². The molecule has 0 atom stereocenters. The van der Waals surface area contributed by atoms with Crippen molar-refractivity contribution in [2.75, 3.05) is 0 Å². The number of nitrogens with zero attached hydrogens (tertiary/aromatic N) is 4. The zero-order chi connectivity index (χ0) is 37.8. The summed E-state index contributed by atoms with van der Waals surface area (Å²) in [5.41, 5.74) is 16.2. The summed E-state index contributed by atoms with van der Waals surface area (Å²) in [7, 11) is 0. The zero-order valence-corrected chi connectivity index (χ0v) is 31.6. The first-order valence-electron chi connectivity index (χ1n) is 19.7. The van der Waals surface area contributed by atoms with Crippen molar-refractivity contribution in [2.24, 2.45) is 0 Å². The molecule has 0 spiro atoms. The average Bonchev–Trinajstić information content (AvgIpc) is 3.86. The monoisotopic (exact) mass is 728 g/mol. The lowest BCUT2D eigenvalue weighted by molar-refractivity contribution is 0.660. The summed E-state index contributed by atoms with van der Waals surface area (Å²) >= 11 is 0. The molecule has 1 aliphatic rings. The van der Waals surface area contributed by atoms with E-state index in [4.69, 9.17) is 9.97 Å². The summed E-state index contributed by atoms with van der Waals surface area (Å²) in [5, 5.41) is 5.86. The van der Waals surface area contributed by atoms with Crippen LogP contribution < -0.4 is 0 Å². The standard InChI is InChI=1S/C53H36N4/c1-53(2)43-22-10-6-17-37(43)38-29-28-34(31-44(38)53)51-41-19-7-11-23-45(41)54-52(55-51)57-46-24-12-8-18-39(46)40-30-27-33(32-49(40)57)36-21-14-26-48-50(36)42-20-9-13-25-47(42)56(48)35-15-4-3-5-16-35/h3-32H,1-2H3. The second-order valence-corrected chi connectivity index (χ2v) is 15.8. The van der Waals surface area contributed by atoms with Crippen LogP contribution in [0.2, 0.25) is 0 Å². The Bertz CT molecular complexity index is 3440. The van der Waals surface area contributed by atoms with E-state index in [0.29, 0.717) is 5.95 Å². The predicted octanol–water partition coefficient (Wildman–Crippen LogP) is 13.5. The van der Waals surface area contributed by atoms with Crippen LogP contribution in [0.1, 0.15) is 25.0 Å². The van der Waals surface area contributed by atoms with E-state index in [9.17, 15) is 0 Å². The molecule has 1 aliphatic carbocycles. The maximum atomic E-state index is 5.51. The van der Waals surface area contributed by atoms with E-state index >= 15 is 0 Å². The summed E-state index contributed by atoms with van der Waals surface area (Å²) in [5.74, 6) is 0.661. The minimum Gasteiger partial charge on any atom is -0.309 e. The van der Waals surface area contributed by atoms with Crippen LogP contribution in [0.25, 0.3) is 99.7 Å². The smallest absolute Gasteiger partial charge is 0.235 e. The first kappa shape index (κ1) is 32.0. The van der Waals surface area contributed by atoms with Crippen LogP contribution in [0.15, 0.2) is 182 Å². The molecule has 0 saturated carbocycles. The first-order chi connectivity index (χ1) is 28.0. The van der Waals surface area contributed by atoms with Crippen molar-refractivity contribution in [2.45, 2.75) is 19.3 Å². The molecule has 268 valence electrons. The fourth-order valence-corrected chi connectivity index (χ4v) is 9.70. The van der Waals surface area contributed by atoms with Gasteiger partial charge >= 0.3 is 0 Å². The molecule has 3 aromatic heterocycles. The van der Waals surface area contributed by atoms with Gasteiger partial charge in [-0.2, -0.15) is 0 Å². The number of aromatic nitrogens is 4. The Balaban J connectivity index is 1.10. The Hall–Kier alpha value is -7.30. The van der Waals surface area contributed by atoms with Crippen LogP contribution >= 0.6 is 0 Å². The number of rotatable bonds is 4. The van der Waals surface area contributed by atoms with Gasteiger partial charge in [0.05, 0.1) is 33.3 Å². The third-order valence-electron chi connectivity index (χ3n) is 12.3. The van der Waals surface area contributed by atoms with E-state index in [0.717, 1.165) is 44.4 Å². The maximum absolute atomic E-state index is 5.51. The average molecular weight is 729 g/mol. The third-order valence-corrected chi connectivity index (χ3v) is 12.3. The van der Waals surface area contributed by atoms with E-state index in [2.05, 4.69) is 205 Å². The fourth-order valence-electron chi connectivity index (χ4n) is 9.70. The Morgan fingerprint density at radius 3 is 1.89 bits per heavy atom. The van der Waals surface area contributed by atoms with Gasteiger partial charge < -0.3 is 4.57 Å². The van der Waals surface area contributed by atoms with Gasteiger partial charge in [0.1, 0.15) is 0 Å². The first-order valence-corrected chi connectivity index (χ1v) is 19.7. The summed E-state index contributed by atoms with van der Waals surface area (Å²) in [4.78, 5) is 10.8. The molecule has 0 N–H and O–H groups in total. The van der Waals surface area contributed by atoms with Crippen molar-refractivity contribution in [3.63, 3.8) is 0 Å². The van der Waals surface area contributed by atoms with E-state index in [1.807, 2.05) is 0 Å². The van der Waals surface area contributed by atoms with Gasteiger partial charge in [-0.25, -0.2) is 9.97 Å². The number of benzene rings is 8. The van der Waals surface area contributed by atoms with Gasteiger partial charge in [-0.3, -0.25) is 4.57 Å². The molecule has 3 heterocycles. The molecule has 12 rings (SSSR count). The maximum Gasteiger partial charge on any atom is 0.235 e. The van der Waals surface area contributed by atoms with E-state index < -0.39 is 0 Å². The molecule has 11 aromatic rings. The number of fused-ring (bicyclic) bond motifs is 10. The topological polar surface area (TPSA) is 35.6 Å². The molecule has 0 aliphatic heterocycles. The minimum absolute atomic E-state index is 0.118. The molecular formula is C53H36N4. The van der Waals surface area contributed by atoms with Gasteiger partial charge in [0, 0.05) is 43.6 Å². The number of hydrogen-bond donors (Lipinski definition) is 0. The lowest BCUT2D eigenvalue weighted by Gasteiger charge is -2.22. The Morgan fingerprint density at radius 1 is 0.404 bits per heavy atom. The van der Waals surface area contributed by atoms with Crippen LogP contribution in [0.3, 0.4) is 0 Å². The van der Waals surface area contributed by atoms with Crippen LogP contribution in [0.5, 0.6) is 0 Å². The van der Waals surface area contributed by atoms with Gasteiger partial charge in [-0.1, -0.05) is 147 Å². The van der Waals surface area contributed by atoms with Crippen molar-refractivity contribution < 1.29 is 0 Å². The van der Waals surface area contributed by atoms with Gasteiger partial charge in [-0.15, -0.1) is 0 Å². The fraction of sp³-hybridized carbons (Fsp3) is 0.0566. The quantitative estimate of drug-likeness (QED) is 0.181. The normalized spacial score (nSPS) is 13.2. The van der Waals surface area contributed by atoms with Gasteiger partial charge in [-0.05, 0) is 81.9 Å². The SMILES string of the molecule is CC1(C)c2ccccc2-c2ccc(-c3nc(-n4c5ccccc5c5ccc(-c6cccc7c6c6ccccc6n7-c6ccccc6)cc54)nc4ccccc34)cc21. The molecule has 0 fully saturated rings. The van der Waals surface area contributed by atoms with Crippen LogP contribution in [-0.2, 0) is 5.41 Å². The van der Waals surface area contributed by atoms with Crippen molar-refractivity contribution in [1.82, 2.24) is 19.1 Å². The number of para-hydroxylation sites is 4. The Labute approximate surface area is 329 Å². The molecule has 57 heavy (non-hydrogen) atoms. The predicted molar refractivity (Wildman–Crippen MR) is 237 cm³/mol. The van der Waals surface area contributed by atoms with E-state index in [-0.39, 0.29) is 5.41 Å². The molecule has 4 nitrogen and oxygen atoms in total.